The van der Waals surface area contributed by atoms with E-state index in [1.807, 2.05) is 66.4 Å². The van der Waals surface area contributed by atoms with Crippen LogP contribution in [0.2, 0.25) is 0 Å². The number of fused-ring (bicyclic) bond motifs is 2. The number of piperidine rings is 1. The molecule has 0 radical (unpaired) electrons. The van der Waals surface area contributed by atoms with Crippen molar-refractivity contribution in [1.29, 1.82) is 0 Å². The molecule has 2 saturated heterocycles. The van der Waals surface area contributed by atoms with E-state index >= 15 is 0 Å². The maximum atomic E-state index is 12.9. The molecule has 2 aliphatic rings. The summed E-state index contributed by atoms with van der Waals surface area (Å²) in [6.45, 7) is 3.31. The highest BCUT2D eigenvalue weighted by molar-refractivity contribution is 5.90. The Bertz CT molecular complexity index is 839. The van der Waals surface area contributed by atoms with Crippen LogP contribution in [0.1, 0.15) is 38.2 Å². The van der Waals surface area contributed by atoms with E-state index < -0.39 is 5.60 Å². The topological polar surface area (TPSA) is 71.0 Å². The van der Waals surface area contributed by atoms with Gasteiger partial charge >= 0.3 is 6.03 Å². The van der Waals surface area contributed by atoms with Gasteiger partial charge in [0.25, 0.3) is 0 Å². The summed E-state index contributed by atoms with van der Waals surface area (Å²) in [5.41, 5.74) is 1.10. The highest BCUT2D eigenvalue weighted by Crippen LogP contribution is 2.40. The second kappa shape index (κ2) is 9.06. The highest BCUT2D eigenvalue weighted by Gasteiger charge is 2.47. The average molecular weight is 411 g/mol. The third-order valence-corrected chi connectivity index (χ3v) is 5.89. The standard InChI is InChI=1S/C24H30N2O4/c1-24(28)15-20-10-11-21(16-24)26(20)23(27)25-19-7-5-6-18(14-19)17-29-12-13-30-22-8-3-2-4-9-22/h2-9,14,20-21,28H,10-13,15-17H2,1H3,(H,25,27)/t20-,21+,24?. The van der Waals surface area contributed by atoms with Crippen molar-refractivity contribution in [3.63, 3.8) is 0 Å². The van der Waals surface area contributed by atoms with E-state index in [0.717, 1.165) is 29.8 Å². The molecule has 2 aromatic rings. The molecule has 0 aromatic heterocycles. The van der Waals surface area contributed by atoms with Gasteiger partial charge in [-0.05, 0) is 62.4 Å². The fourth-order valence-electron chi connectivity index (χ4n) is 4.64. The van der Waals surface area contributed by atoms with Gasteiger partial charge in [0.15, 0.2) is 0 Å². The fraction of sp³-hybridized carbons (Fsp3) is 0.458. The van der Waals surface area contributed by atoms with E-state index in [1.165, 1.54) is 0 Å². The Balaban J connectivity index is 1.25. The van der Waals surface area contributed by atoms with Gasteiger partial charge < -0.3 is 24.8 Å². The molecule has 2 fully saturated rings. The normalized spacial score (nSPS) is 25.2. The molecule has 2 aliphatic heterocycles. The van der Waals surface area contributed by atoms with Crippen molar-refractivity contribution in [1.82, 2.24) is 4.90 Å². The number of ether oxygens (including phenoxy) is 2. The average Bonchev–Trinajstić information content (AvgIpc) is 3.01. The third kappa shape index (κ3) is 5.12. The van der Waals surface area contributed by atoms with Crippen LogP contribution >= 0.6 is 0 Å². The van der Waals surface area contributed by atoms with Gasteiger partial charge in [-0.1, -0.05) is 30.3 Å². The Kier molecular flexibility index (Phi) is 6.25. The van der Waals surface area contributed by atoms with Crippen LogP contribution in [0.4, 0.5) is 10.5 Å². The molecule has 0 spiro atoms. The molecule has 160 valence electrons. The SMILES string of the molecule is CC1(O)C[C@H]2CC[C@@H](C1)N2C(=O)Nc1cccc(COCCOc2ccccc2)c1. The molecule has 6 nitrogen and oxygen atoms in total. The van der Waals surface area contributed by atoms with Gasteiger partial charge in [-0.15, -0.1) is 0 Å². The van der Waals surface area contributed by atoms with Crippen LogP contribution in [0.3, 0.4) is 0 Å². The molecule has 4 rings (SSSR count). The number of rotatable bonds is 7. The van der Waals surface area contributed by atoms with Crippen molar-refractivity contribution in [2.24, 2.45) is 0 Å². The van der Waals surface area contributed by atoms with Crippen LogP contribution in [0.5, 0.6) is 5.75 Å². The number of urea groups is 1. The first-order valence-corrected chi connectivity index (χ1v) is 10.7. The number of nitrogens with one attached hydrogen (secondary N) is 1. The Morgan fingerprint density at radius 2 is 1.83 bits per heavy atom. The Labute approximate surface area is 177 Å². The van der Waals surface area contributed by atoms with Crippen LogP contribution in [-0.4, -0.2) is 46.9 Å². The molecule has 2 N–H and O–H groups in total. The molecular weight excluding hydrogens is 380 g/mol. The molecule has 2 bridgehead atoms. The van der Waals surface area contributed by atoms with E-state index in [0.29, 0.717) is 32.7 Å². The van der Waals surface area contributed by atoms with Gasteiger partial charge in [0.05, 0.1) is 18.8 Å². The quantitative estimate of drug-likeness (QED) is 0.672. The molecule has 2 heterocycles. The van der Waals surface area contributed by atoms with Crippen molar-refractivity contribution < 1.29 is 19.4 Å². The molecule has 6 heteroatoms. The smallest absolute Gasteiger partial charge is 0.322 e. The van der Waals surface area contributed by atoms with Crippen LogP contribution < -0.4 is 10.1 Å². The van der Waals surface area contributed by atoms with Crippen LogP contribution in [-0.2, 0) is 11.3 Å². The van der Waals surface area contributed by atoms with Gasteiger partial charge in [-0.2, -0.15) is 0 Å². The van der Waals surface area contributed by atoms with Gasteiger partial charge in [-0.3, -0.25) is 0 Å². The minimum atomic E-state index is -0.663. The molecule has 0 aliphatic carbocycles. The molecular formula is C24H30N2O4. The predicted molar refractivity (Wildman–Crippen MR) is 116 cm³/mol. The zero-order chi connectivity index (χ0) is 21.0. The van der Waals surface area contributed by atoms with E-state index in [9.17, 15) is 9.90 Å². The number of aliphatic hydroxyl groups is 1. The molecule has 30 heavy (non-hydrogen) atoms. The number of anilines is 1. The first-order chi connectivity index (χ1) is 14.5. The van der Waals surface area contributed by atoms with E-state index in [-0.39, 0.29) is 18.1 Å². The minimum absolute atomic E-state index is 0.0765. The van der Waals surface area contributed by atoms with Gasteiger partial charge in [0.1, 0.15) is 12.4 Å². The Morgan fingerprint density at radius 3 is 2.57 bits per heavy atom. The first kappa shape index (κ1) is 20.7. The van der Waals surface area contributed by atoms with Crippen LogP contribution in [0.15, 0.2) is 54.6 Å². The van der Waals surface area contributed by atoms with Crippen molar-refractivity contribution in [2.75, 3.05) is 18.5 Å². The summed E-state index contributed by atoms with van der Waals surface area (Å²) in [5, 5.41) is 13.4. The highest BCUT2D eigenvalue weighted by atomic mass is 16.5. The number of hydrogen-bond acceptors (Lipinski definition) is 4. The molecule has 3 atom stereocenters. The van der Waals surface area contributed by atoms with Crippen molar-refractivity contribution in [2.45, 2.75) is 56.9 Å². The lowest BCUT2D eigenvalue weighted by Crippen LogP contribution is -2.53. The monoisotopic (exact) mass is 410 g/mol. The first-order valence-electron chi connectivity index (χ1n) is 10.7. The van der Waals surface area contributed by atoms with Crippen molar-refractivity contribution in [3.8, 4) is 5.75 Å². The summed E-state index contributed by atoms with van der Waals surface area (Å²) < 4.78 is 11.3. The number of para-hydroxylation sites is 1. The lowest BCUT2D eigenvalue weighted by molar-refractivity contribution is -0.0224. The predicted octanol–water partition coefficient (Wildman–Crippen LogP) is 4.19. The summed E-state index contributed by atoms with van der Waals surface area (Å²) >= 11 is 0. The second-order valence-corrected chi connectivity index (χ2v) is 8.54. The summed E-state index contributed by atoms with van der Waals surface area (Å²) in [7, 11) is 0. The lowest BCUT2D eigenvalue weighted by atomic mass is 9.88. The summed E-state index contributed by atoms with van der Waals surface area (Å²) in [6, 6.07) is 17.6. The van der Waals surface area contributed by atoms with E-state index in [2.05, 4.69) is 5.32 Å². The Morgan fingerprint density at radius 1 is 1.10 bits per heavy atom. The van der Waals surface area contributed by atoms with Crippen LogP contribution in [0.25, 0.3) is 0 Å². The maximum absolute atomic E-state index is 12.9. The second-order valence-electron chi connectivity index (χ2n) is 8.54. The lowest BCUT2D eigenvalue weighted by Gasteiger charge is -2.42. The maximum Gasteiger partial charge on any atom is 0.322 e. The van der Waals surface area contributed by atoms with Gasteiger partial charge in [0.2, 0.25) is 0 Å². The van der Waals surface area contributed by atoms with Crippen LogP contribution in [0, 0.1) is 0 Å². The van der Waals surface area contributed by atoms with Gasteiger partial charge in [-0.25, -0.2) is 4.79 Å². The molecule has 0 saturated carbocycles. The van der Waals surface area contributed by atoms with Crippen molar-refractivity contribution >= 4 is 11.7 Å². The molecule has 2 amide bonds. The zero-order valence-corrected chi connectivity index (χ0v) is 17.4. The number of carbonyl (C=O) groups excluding carboxylic acids is 1. The number of benzene rings is 2. The fourth-order valence-corrected chi connectivity index (χ4v) is 4.64. The number of hydrogen-bond donors (Lipinski definition) is 2. The number of carbonyl (C=O) groups is 1. The largest absolute Gasteiger partial charge is 0.491 e. The number of amides is 2. The van der Waals surface area contributed by atoms with Gasteiger partial charge in [0, 0.05) is 17.8 Å². The van der Waals surface area contributed by atoms with E-state index in [1.54, 1.807) is 0 Å². The third-order valence-electron chi connectivity index (χ3n) is 5.89. The number of nitrogens with zero attached hydrogens (tertiary/aromatic N) is 1. The minimum Gasteiger partial charge on any atom is -0.491 e. The molecule has 1 unspecified atom stereocenters. The molecule has 2 aromatic carbocycles. The summed E-state index contributed by atoms with van der Waals surface area (Å²) in [4.78, 5) is 14.8. The Hall–Kier alpha value is -2.57. The zero-order valence-electron chi connectivity index (χ0n) is 17.4. The summed E-state index contributed by atoms with van der Waals surface area (Å²) in [5.74, 6) is 0.832. The van der Waals surface area contributed by atoms with E-state index in [4.69, 9.17) is 9.47 Å². The van der Waals surface area contributed by atoms with Crippen molar-refractivity contribution in [3.05, 3.63) is 60.2 Å². The summed E-state index contributed by atoms with van der Waals surface area (Å²) in [6.07, 6.45) is 3.23.